The molecule has 0 bridgehead atoms. The predicted molar refractivity (Wildman–Crippen MR) is 224 cm³/mol. The molecule has 8 aromatic carbocycles. The molecule has 0 atom stereocenters. The second kappa shape index (κ2) is 13.4. The van der Waals surface area contributed by atoms with Crippen LogP contribution in [0.4, 0.5) is 22.7 Å². The Kier molecular flexibility index (Phi) is 8.17. The molecule has 0 heterocycles. The van der Waals surface area contributed by atoms with Gasteiger partial charge < -0.3 is 4.90 Å². The van der Waals surface area contributed by atoms with Crippen molar-refractivity contribution in [3.8, 4) is 22.3 Å². The number of benzene rings is 8. The average molecular weight is 682 g/mol. The first kappa shape index (κ1) is 32.2. The molecule has 3 nitrogen and oxygen atoms in total. The molecule has 8 aromatic rings. The van der Waals surface area contributed by atoms with E-state index in [2.05, 4.69) is 206 Å². The van der Waals surface area contributed by atoms with Crippen LogP contribution in [0.5, 0.6) is 0 Å². The van der Waals surface area contributed by atoms with E-state index in [1.54, 1.807) is 0 Å². The fourth-order valence-corrected chi connectivity index (χ4v) is 7.81. The molecule has 0 saturated carbocycles. The van der Waals surface area contributed by atoms with Crippen molar-refractivity contribution in [3.63, 3.8) is 0 Å². The Morgan fingerprint density at radius 1 is 0.491 bits per heavy atom. The molecule has 3 heteroatoms. The van der Waals surface area contributed by atoms with E-state index >= 15 is 0 Å². The van der Waals surface area contributed by atoms with Gasteiger partial charge in [-0.3, -0.25) is 5.43 Å². The lowest BCUT2D eigenvalue weighted by atomic mass is 9.81. The van der Waals surface area contributed by atoms with Gasteiger partial charge in [0.2, 0.25) is 0 Å². The van der Waals surface area contributed by atoms with Gasteiger partial charge >= 0.3 is 0 Å². The van der Waals surface area contributed by atoms with Crippen LogP contribution in [0.15, 0.2) is 199 Å². The molecule has 254 valence electrons. The summed E-state index contributed by atoms with van der Waals surface area (Å²) in [5.74, 6) is 0. The van der Waals surface area contributed by atoms with Gasteiger partial charge in [0.15, 0.2) is 0 Å². The van der Waals surface area contributed by atoms with E-state index in [1.165, 1.54) is 44.2 Å². The van der Waals surface area contributed by atoms with Crippen molar-refractivity contribution in [1.29, 1.82) is 0 Å². The zero-order chi connectivity index (χ0) is 35.8. The Bertz CT molecular complexity index is 2540. The van der Waals surface area contributed by atoms with Crippen molar-refractivity contribution in [3.05, 3.63) is 216 Å². The van der Waals surface area contributed by atoms with Gasteiger partial charge in [0.1, 0.15) is 0 Å². The van der Waals surface area contributed by atoms with Gasteiger partial charge in [0, 0.05) is 33.3 Å². The first-order chi connectivity index (χ1) is 26.0. The quantitative estimate of drug-likeness (QED) is 0.128. The standard InChI is InChI=1S/C50H39N3/c1-50(2)46-33-39(35-25-29-42(30-26-35)53(41-21-10-5-11-22-41)48-24-14-20-36-15-12-13-23-43(36)48)27-31-44(46)45-32-28-40(34-47(45)50)51-52-49(37-16-6-3-7-17-37)38-18-8-4-9-19-38/h3-34,51H,1-2H3. The third-order valence-electron chi connectivity index (χ3n) is 10.5. The van der Waals surface area contributed by atoms with Gasteiger partial charge in [-0.25, -0.2) is 0 Å². The zero-order valence-corrected chi connectivity index (χ0v) is 29.9. The molecular weight excluding hydrogens is 643 g/mol. The normalized spacial score (nSPS) is 12.5. The van der Waals surface area contributed by atoms with Crippen LogP contribution in [-0.2, 0) is 5.41 Å². The molecular formula is C50H39N3. The molecule has 0 fully saturated rings. The minimum absolute atomic E-state index is 0.178. The van der Waals surface area contributed by atoms with Crippen molar-refractivity contribution in [1.82, 2.24) is 0 Å². The monoisotopic (exact) mass is 681 g/mol. The van der Waals surface area contributed by atoms with Crippen molar-refractivity contribution >= 4 is 39.2 Å². The average Bonchev–Trinajstić information content (AvgIpc) is 3.44. The zero-order valence-electron chi connectivity index (χ0n) is 29.9. The summed E-state index contributed by atoms with van der Waals surface area (Å²) in [6.45, 7) is 4.66. The van der Waals surface area contributed by atoms with E-state index in [1.807, 2.05) is 12.1 Å². The smallest absolute Gasteiger partial charge is 0.0977 e. The lowest BCUT2D eigenvalue weighted by Gasteiger charge is -2.27. The van der Waals surface area contributed by atoms with Crippen molar-refractivity contribution in [2.45, 2.75) is 19.3 Å². The van der Waals surface area contributed by atoms with Crippen molar-refractivity contribution < 1.29 is 0 Å². The SMILES string of the molecule is CC1(C)c2cc(NN=C(c3ccccc3)c3ccccc3)ccc2-c2ccc(-c3ccc(N(c4ccccc4)c4cccc5ccccc45)cc3)cc21. The number of anilines is 4. The van der Waals surface area contributed by atoms with Gasteiger partial charge in [0.25, 0.3) is 0 Å². The molecule has 1 aliphatic rings. The summed E-state index contributed by atoms with van der Waals surface area (Å²) in [4.78, 5) is 2.35. The predicted octanol–water partition coefficient (Wildman–Crippen LogP) is 13.1. The minimum Gasteiger partial charge on any atom is -0.310 e. The summed E-state index contributed by atoms with van der Waals surface area (Å²) in [7, 11) is 0. The molecule has 0 unspecified atom stereocenters. The number of rotatable bonds is 8. The maximum absolute atomic E-state index is 4.95. The van der Waals surface area contributed by atoms with E-state index in [4.69, 9.17) is 5.10 Å². The third-order valence-corrected chi connectivity index (χ3v) is 10.5. The van der Waals surface area contributed by atoms with Gasteiger partial charge in [-0.05, 0) is 87.3 Å². The molecule has 0 amide bonds. The van der Waals surface area contributed by atoms with Crippen molar-refractivity contribution in [2.75, 3.05) is 10.3 Å². The van der Waals surface area contributed by atoms with Gasteiger partial charge in [0.05, 0.1) is 17.1 Å². The Morgan fingerprint density at radius 3 is 1.74 bits per heavy atom. The van der Waals surface area contributed by atoms with E-state index in [0.29, 0.717) is 0 Å². The van der Waals surface area contributed by atoms with E-state index in [-0.39, 0.29) is 5.41 Å². The van der Waals surface area contributed by atoms with Crippen molar-refractivity contribution in [2.24, 2.45) is 5.10 Å². The maximum Gasteiger partial charge on any atom is 0.0977 e. The number of fused-ring (bicyclic) bond motifs is 4. The molecule has 1 N–H and O–H groups in total. The number of para-hydroxylation sites is 1. The molecule has 0 aromatic heterocycles. The summed E-state index contributed by atoms with van der Waals surface area (Å²) in [6, 6.07) is 69.1. The van der Waals surface area contributed by atoms with Crippen LogP contribution >= 0.6 is 0 Å². The number of hydrogen-bond donors (Lipinski definition) is 1. The summed E-state index contributed by atoms with van der Waals surface area (Å²) < 4.78 is 0. The van der Waals surface area contributed by atoms with E-state index in [0.717, 1.165) is 39.6 Å². The van der Waals surface area contributed by atoms with Crippen LogP contribution in [-0.4, -0.2) is 5.71 Å². The van der Waals surface area contributed by atoms with Gasteiger partial charge in [-0.2, -0.15) is 5.10 Å². The second-order valence-corrected chi connectivity index (χ2v) is 14.2. The third kappa shape index (κ3) is 5.96. The van der Waals surface area contributed by atoms with Crippen LogP contribution in [0.2, 0.25) is 0 Å². The number of hydrogen-bond acceptors (Lipinski definition) is 3. The highest BCUT2D eigenvalue weighted by molar-refractivity contribution is 6.13. The fourth-order valence-electron chi connectivity index (χ4n) is 7.81. The molecule has 0 spiro atoms. The molecule has 9 rings (SSSR count). The Balaban J connectivity index is 1.02. The number of hydrazone groups is 1. The molecule has 0 radical (unpaired) electrons. The maximum atomic E-state index is 4.95. The van der Waals surface area contributed by atoms with Crippen LogP contribution in [0.25, 0.3) is 33.0 Å². The first-order valence-corrected chi connectivity index (χ1v) is 18.2. The number of nitrogens with one attached hydrogen (secondary N) is 1. The molecule has 1 aliphatic carbocycles. The summed E-state index contributed by atoms with van der Waals surface area (Å²) in [5, 5.41) is 7.40. The Labute approximate surface area is 311 Å². The summed E-state index contributed by atoms with van der Waals surface area (Å²) in [5.41, 5.74) is 18.3. The Morgan fingerprint density at radius 2 is 1.04 bits per heavy atom. The van der Waals surface area contributed by atoms with Crippen LogP contribution in [0.3, 0.4) is 0 Å². The van der Waals surface area contributed by atoms with Gasteiger partial charge in [-0.15, -0.1) is 0 Å². The van der Waals surface area contributed by atoms with Crippen LogP contribution in [0.1, 0.15) is 36.1 Å². The topological polar surface area (TPSA) is 27.6 Å². The lowest BCUT2D eigenvalue weighted by molar-refractivity contribution is 0.661. The minimum atomic E-state index is -0.178. The highest BCUT2D eigenvalue weighted by atomic mass is 15.3. The van der Waals surface area contributed by atoms with E-state index < -0.39 is 0 Å². The largest absolute Gasteiger partial charge is 0.310 e. The van der Waals surface area contributed by atoms with Gasteiger partial charge in [-0.1, -0.05) is 159 Å². The summed E-state index contributed by atoms with van der Waals surface area (Å²) in [6.07, 6.45) is 0. The highest BCUT2D eigenvalue weighted by Gasteiger charge is 2.36. The second-order valence-electron chi connectivity index (χ2n) is 14.2. The Hall–Kier alpha value is -6.71. The van der Waals surface area contributed by atoms with E-state index in [9.17, 15) is 0 Å². The number of nitrogens with zero attached hydrogens (tertiary/aromatic N) is 2. The van der Waals surface area contributed by atoms with Crippen LogP contribution in [0, 0.1) is 0 Å². The van der Waals surface area contributed by atoms with Crippen LogP contribution < -0.4 is 10.3 Å². The lowest BCUT2D eigenvalue weighted by Crippen LogP contribution is -2.15. The highest BCUT2D eigenvalue weighted by Crippen LogP contribution is 2.50. The fraction of sp³-hybridized carbons (Fsp3) is 0.0600. The first-order valence-electron chi connectivity index (χ1n) is 18.2. The molecule has 0 aliphatic heterocycles. The molecule has 53 heavy (non-hydrogen) atoms. The summed E-state index contributed by atoms with van der Waals surface area (Å²) >= 11 is 0. The molecule has 0 saturated heterocycles.